The summed E-state index contributed by atoms with van der Waals surface area (Å²) in [5.74, 6) is -3.00. The molecule has 1 atom stereocenters. The van der Waals surface area contributed by atoms with Crippen molar-refractivity contribution in [1.82, 2.24) is 10.3 Å². The molecule has 0 saturated carbocycles. The number of carbonyl (C=O) groups is 2. The van der Waals surface area contributed by atoms with Crippen molar-refractivity contribution in [3.8, 4) is 0 Å². The Hall–Kier alpha value is -1.87. The van der Waals surface area contributed by atoms with Gasteiger partial charge in [0.2, 0.25) is 11.8 Å². The monoisotopic (exact) mass is 316 g/mol. The quantitative estimate of drug-likeness (QED) is 0.605. The average molecular weight is 316 g/mol. The fourth-order valence-electron chi connectivity index (χ4n) is 2.10. The van der Waals surface area contributed by atoms with Crippen molar-refractivity contribution in [3.63, 3.8) is 0 Å². The van der Waals surface area contributed by atoms with Crippen molar-refractivity contribution in [2.45, 2.75) is 25.2 Å². The highest BCUT2D eigenvalue weighted by Gasteiger charge is 2.30. The maximum absolute atomic E-state index is 14.0. The van der Waals surface area contributed by atoms with Crippen molar-refractivity contribution in [1.29, 1.82) is 0 Å². The van der Waals surface area contributed by atoms with Gasteiger partial charge < -0.3 is 0 Å². The van der Waals surface area contributed by atoms with Gasteiger partial charge in [-0.15, -0.1) is 0 Å². The lowest BCUT2D eigenvalue weighted by atomic mass is 9.91. The van der Waals surface area contributed by atoms with Crippen LogP contribution in [0.15, 0.2) is 12.3 Å². The molecular weight excluding hydrogens is 303 g/mol. The number of nitrogens with zero attached hydrogens (tertiary/aromatic N) is 1. The normalized spacial score (nSPS) is 19.4. The number of imide groups is 1. The van der Waals surface area contributed by atoms with Gasteiger partial charge in [0.15, 0.2) is 0 Å². The fraction of sp³-hybridized carbons (Fsp3) is 0.417. The van der Waals surface area contributed by atoms with Crippen LogP contribution in [0, 0.1) is 5.82 Å². The molecule has 2 N–H and O–H groups in total. The molecule has 1 saturated heterocycles. The maximum atomic E-state index is 14.0. The first-order chi connectivity index (χ1) is 9.76. The number of hydrogen-bond acceptors (Lipinski definition) is 5. The van der Waals surface area contributed by atoms with Gasteiger partial charge in [-0.05, 0) is 12.5 Å². The second kappa shape index (κ2) is 5.86. The van der Waals surface area contributed by atoms with Crippen molar-refractivity contribution in [2.75, 3.05) is 5.75 Å². The molecule has 0 aliphatic carbocycles. The van der Waals surface area contributed by atoms with Crippen molar-refractivity contribution < 1.29 is 27.0 Å². The van der Waals surface area contributed by atoms with Crippen LogP contribution in [0.5, 0.6) is 0 Å². The number of amides is 2. The second-order valence-electron chi connectivity index (χ2n) is 4.74. The lowest BCUT2D eigenvalue weighted by Gasteiger charge is -2.21. The Morgan fingerprint density at radius 2 is 2.14 bits per heavy atom. The van der Waals surface area contributed by atoms with Crippen LogP contribution in [0.3, 0.4) is 0 Å². The van der Waals surface area contributed by atoms with E-state index in [9.17, 15) is 22.4 Å². The van der Waals surface area contributed by atoms with Gasteiger partial charge in [0, 0.05) is 30.3 Å². The molecule has 114 valence electrons. The molecule has 2 heterocycles. The number of halogens is 1. The summed E-state index contributed by atoms with van der Waals surface area (Å²) in [4.78, 5) is 26.6. The Labute approximate surface area is 120 Å². The minimum atomic E-state index is -4.14. The highest BCUT2D eigenvalue weighted by molar-refractivity contribution is 7.85. The molecule has 2 amide bonds. The van der Waals surface area contributed by atoms with Crippen LogP contribution in [0.1, 0.15) is 30.0 Å². The highest BCUT2D eigenvalue weighted by atomic mass is 32.2. The zero-order valence-corrected chi connectivity index (χ0v) is 11.7. The molecule has 9 heteroatoms. The van der Waals surface area contributed by atoms with Gasteiger partial charge in [-0.3, -0.25) is 24.4 Å². The Balaban J connectivity index is 2.16. The summed E-state index contributed by atoms with van der Waals surface area (Å²) in [5.41, 5.74) is 0.219. The van der Waals surface area contributed by atoms with E-state index in [1.54, 1.807) is 0 Å². The Kier molecular flexibility index (Phi) is 4.33. The van der Waals surface area contributed by atoms with E-state index in [4.69, 9.17) is 4.55 Å². The van der Waals surface area contributed by atoms with E-state index < -0.39 is 39.4 Å². The van der Waals surface area contributed by atoms with Crippen LogP contribution in [-0.2, 0) is 26.1 Å². The third-order valence-corrected chi connectivity index (χ3v) is 3.89. The summed E-state index contributed by atoms with van der Waals surface area (Å²) in [6.45, 7) is 0. The summed E-state index contributed by atoms with van der Waals surface area (Å²) in [7, 11) is -4.14. The van der Waals surface area contributed by atoms with Crippen LogP contribution >= 0.6 is 0 Å². The van der Waals surface area contributed by atoms with Crippen LogP contribution in [0.2, 0.25) is 0 Å². The van der Waals surface area contributed by atoms with E-state index >= 15 is 0 Å². The van der Waals surface area contributed by atoms with Crippen LogP contribution in [-0.4, -0.2) is 35.5 Å². The number of pyridine rings is 1. The van der Waals surface area contributed by atoms with Crippen LogP contribution in [0.4, 0.5) is 4.39 Å². The van der Waals surface area contributed by atoms with E-state index in [0.717, 1.165) is 12.3 Å². The lowest BCUT2D eigenvalue weighted by molar-refractivity contribution is -0.134. The first-order valence-electron chi connectivity index (χ1n) is 6.19. The molecule has 0 bridgehead atoms. The topological polar surface area (TPSA) is 113 Å². The molecule has 1 unspecified atom stereocenters. The third kappa shape index (κ3) is 4.05. The molecule has 2 rings (SSSR count). The highest BCUT2D eigenvalue weighted by Crippen LogP contribution is 2.26. The molecule has 0 spiro atoms. The zero-order valence-electron chi connectivity index (χ0n) is 10.9. The number of carbonyl (C=O) groups excluding carboxylic acids is 2. The van der Waals surface area contributed by atoms with Gasteiger partial charge in [-0.1, -0.05) is 0 Å². The molecule has 0 aromatic carbocycles. The molecule has 1 aromatic heterocycles. The smallest absolute Gasteiger partial charge is 0.265 e. The van der Waals surface area contributed by atoms with E-state index in [1.807, 2.05) is 0 Å². The summed E-state index contributed by atoms with van der Waals surface area (Å²) in [6, 6.07) is 1.03. The molecular formula is C12H13FN2O5S. The van der Waals surface area contributed by atoms with Gasteiger partial charge in [0.25, 0.3) is 10.1 Å². The van der Waals surface area contributed by atoms with E-state index in [1.165, 1.54) is 0 Å². The molecule has 7 nitrogen and oxygen atoms in total. The minimum Gasteiger partial charge on any atom is -0.296 e. The van der Waals surface area contributed by atoms with Crippen molar-refractivity contribution in [3.05, 3.63) is 29.3 Å². The number of aryl methyl sites for hydroxylation is 1. The number of hydrogen-bond donors (Lipinski definition) is 2. The van der Waals surface area contributed by atoms with Gasteiger partial charge in [0.1, 0.15) is 5.82 Å². The summed E-state index contributed by atoms with van der Waals surface area (Å²) in [5, 5.41) is 2.13. The van der Waals surface area contributed by atoms with Crippen LogP contribution in [0.25, 0.3) is 0 Å². The minimum absolute atomic E-state index is 0.0654. The number of rotatable bonds is 4. The fourth-order valence-corrected chi connectivity index (χ4v) is 2.57. The summed E-state index contributed by atoms with van der Waals surface area (Å²) >= 11 is 0. The number of nitrogens with one attached hydrogen (secondary N) is 1. The molecule has 1 aromatic rings. The lowest BCUT2D eigenvalue weighted by Crippen LogP contribution is -2.39. The third-order valence-electron chi connectivity index (χ3n) is 3.17. The summed E-state index contributed by atoms with van der Waals surface area (Å²) < 4.78 is 43.9. The zero-order chi connectivity index (χ0) is 15.6. The molecule has 0 radical (unpaired) electrons. The van der Waals surface area contributed by atoms with E-state index in [0.29, 0.717) is 0 Å². The van der Waals surface area contributed by atoms with Gasteiger partial charge in [-0.25, -0.2) is 4.39 Å². The van der Waals surface area contributed by atoms with Gasteiger partial charge >= 0.3 is 0 Å². The van der Waals surface area contributed by atoms with E-state index in [2.05, 4.69) is 10.3 Å². The Bertz CT molecular complexity index is 689. The predicted molar refractivity (Wildman–Crippen MR) is 69.4 cm³/mol. The maximum Gasteiger partial charge on any atom is 0.265 e. The second-order valence-corrected chi connectivity index (χ2v) is 6.31. The van der Waals surface area contributed by atoms with Crippen molar-refractivity contribution >= 4 is 21.9 Å². The predicted octanol–water partition coefficient (Wildman–Crippen LogP) is 0.171. The van der Waals surface area contributed by atoms with Crippen molar-refractivity contribution in [2.24, 2.45) is 0 Å². The first-order valence-corrected chi connectivity index (χ1v) is 7.80. The van der Waals surface area contributed by atoms with E-state index in [-0.39, 0.29) is 30.5 Å². The van der Waals surface area contributed by atoms with Gasteiger partial charge in [0.05, 0.1) is 11.7 Å². The van der Waals surface area contributed by atoms with Crippen LogP contribution < -0.4 is 5.32 Å². The number of aromatic nitrogens is 1. The molecule has 1 fully saturated rings. The van der Waals surface area contributed by atoms with Gasteiger partial charge in [-0.2, -0.15) is 8.42 Å². The number of piperidine rings is 1. The molecule has 1 aliphatic rings. The average Bonchev–Trinajstić information content (AvgIpc) is 2.37. The SMILES string of the molecule is O=C1CCC(c2cnc(CCS(=O)(=O)O)cc2F)C(=O)N1. The standard InChI is InChI=1S/C12H13FN2O5S/c13-10-5-7(3-4-21(18,19)20)14-6-9(10)8-1-2-11(16)15-12(8)17/h5-6,8H,1-4H2,(H,15,16,17)(H,18,19,20). The summed E-state index contributed by atoms with van der Waals surface area (Å²) in [6.07, 6.45) is 1.36. The Morgan fingerprint density at radius 1 is 1.43 bits per heavy atom. The Morgan fingerprint density at radius 3 is 2.71 bits per heavy atom. The molecule has 1 aliphatic heterocycles. The first kappa shape index (κ1) is 15.5. The largest absolute Gasteiger partial charge is 0.296 e. The molecule has 21 heavy (non-hydrogen) atoms.